The minimum Gasteiger partial charge on any atom is -0.489 e. The number of benzene rings is 2. The molecule has 2 nitrogen and oxygen atoms in total. The van der Waals surface area contributed by atoms with Crippen molar-refractivity contribution in [3.63, 3.8) is 0 Å². The fraction of sp³-hybridized carbons (Fsp3) is 0.400. The maximum Gasteiger partial charge on any atom is 0.119 e. The second-order valence-electron chi connectivity index (χ2n) is 6.55. The van der Waals surface area contributed by atoms with E-state index in [1.54, 1.807) is 4.90 Å². The summed E-state index contributed by atoms with van der Waals surface area (Å²) < 4.78 is 5.85. The van der Waals surface area contributed by atoms with Gasteiger partial charge in [0.05, 0.1) is 13.1 Å². The van der Waals surface area contributed by atoms with Crippen LogP contribution in [0.15, 0.2) is 54.6 Å². The molecule has 2 aromatic carbocycles. The summed E-state index contributed by atoms with van der Waals surface area (Å²) in [7, 11) is 0. The van der Waals surface area contributed by atoms with Crippen LogP contribution in [-0.2, 0) is 13.2 Å². The van der Waals surface area contributed by atoms with E-state index in [1.807, 2.05) is 18.2 Å². The minimum absolute atomic E-state index is 0.634. The molecule has 1 fully saturated rings. The number of quaternary nitrogens is 1. The van der Waals surface area contributed by atoms with Crippen LogP contribution in [0.5, 0.6) is 5.75 Å². The average Bonchev–Trinajstić information content (AvgIpc) is 2.55. The molecule has 0 amide bonds. The Kier molecular flexibility index (Phi) is 5.12. The van der Waals surface area contributed by atoms with Gasteiger partial charge in [-0.2, -0.15) is 0 Å². The standard InChI is InChI=1S/C20H25NO/c1-17-6-5-13-21(14-17)15-18-9-11-20(12-10-18)22-16-19-7-3-2-4-8-19/h2-4,7-12,17H,5-6,13-16H2,1H3/p+1/t17-/m0/s1. The molecule has 1 aliphatic rings. The topological polar surface area (TPSA) is 13.7 Å². The van der Waals surface area contributed by atoms with Crippen LogP contribution in [0.25, 0.3) is 0 Å². The summed E-state index contributed by atoms with van der Waals surface area (Å²) in [6, 6.07) is 18.9. The number of hydrogen-bond donors (Lipinski definition) is 1. The third kappa shape index (κ3) is 4.35. The Labute approximate surface area is 133 Å². The molecule has 0 aromatic heterocycles. The van der Waals surface area contributed by atoms with E-state index in [0.717, 1.165) is 18.2 Å². The maximum absolute atomic E-state index is 5.85. The lowest BCUT2D eigenvalue weighted by molar-refractivity contribution is -0.922. The van der Waals surface area contributed by atoms with Crippen molar-refractivity contribution in [3.8, 4) is 5.75 Å². The lowest BCUT2D eigenvalue weighted by Crippen LogP contribution is -3.12. The van der Waals surface area contributed by atoms with Gasteiger partial charge in [0.15, 0.2) is 0 Å². The van der Waals surface area contributed by atoms with E-state index < -0.39 is 0 Å². The van der Waals surface area contributed by atoms with Gasteiger partial charge in [0, 0.05) is 11.5 Å². The molecule has 1 heterocycles. The van der Waals surface area contributed by atoms with Gasteiger partial charge in [-0.15, -0.1) is 0 Å². The van der Waals surface area contributed by atoms with Crippen molar-refractivity contribution < 1.29 is 9.64 Å². The highest BCUT2D eigenvalue weighted by Crippen LogP contribution is 2.14. The highest BCUT2D eigenvalue weighted by molar-refractivity contribution is 5.27. The molecule has 1 saturated heterocycles. The summed E-state index contributed by atoms with van der Waals surface area (Å²) in [5, 5.41) is 0. The molecule has 2 heteroatoms. The summed E-state index contributed by atoms with van der Waals surface area (Å²) in [6.45, 7) is 6.78. The lowest BCUT2D eigenvalue weighted by Gasteiger charge is -2.27. The van der Waals surface area contributed by atoms with Crippen LogP contribution in [-0.4, -0.2) is 13.1 Å². The Bertz CT molecular complexity index is 564. The molecule has 116 valence electrons. The van der Waals surface area contributed by atoms with Gasteiger partial charge in [0.1, 0.15) is 18.9 Å². The first kappa shape index (κ1) is 15.1. The fourth-order valence-corrected chi connectivity index (χ4v) is 3.29. The Morgan fingerprint density at radius 3 is 2.50 bits per heavy atom. The van der Waals surface area contributed by atoms with Crippen LogP contribution in [0, 0.1) is 5.92 Å². The molecule has 0 bridgehead atoms. The quantitative estimate of drug-likeness (QED) is 0.895. The highest BCUT2D eigenvalue weighted by Gasteiger charge is 2.19. The third-order valence-electron chi connectivity index (χ3n) is 4.49. The fourth-order valence-electron chi connectivity index (χ4n) is 3.29. The lowest BCUT2D eigenvalue weighted by atomic mass is 10.00. The molecule has 2 aromatic rings. The monoisotopic (exact) mass is 296 g/mol. The van der Waals surface area contributed by atoms with Crippen LogP contribution in [0.1, 0.15) is 30.9 Å². The van der Waals surface area contributed by atoms with Crippen LogP contribution < -0.4 is 9.64 Å². The van der Waals surface area contributed by atoms with Gasteiger partial charge in [-0.1, -0.05) is 37.3 Å². The Morgan fingerprint density at radius 1 is 1.00 bits per heavy atom. The van der Waals surface area contributed by atoms with Gasteiger partial charge < -0.3 is 9.64 Å². The summed E-state index contributed by atoms with van der Waals surface area (Å²) >= 11 is 0. The molecule has 1 aliphatic heterocycles. The molecular weight excluding hydrogens is 270 g/mol. The molecule has 2 atom stereocenters. The van der Waals surface area contributed by atoms with E-state index in [4.69, 9.17) is 4.74 Å². The van der Waals surface area contributed by atoms with E-state index in [9.17, 15) is 0 Å². The summed E-state index contributed by atoms with van der Waals surface area (Å²) in [5.41, 5.74) is 2.62. The van der Waals surface area contributed by atoms with Crippen molar-refractivity contribution in [1.29, 1.82) is 0 Å². The maximum atomic E-state index is 5.85. The molecule has 0 saturated carbocycles. The molecule has 1 N–H and O–H groups in total. The zero-order valence-electron chi connectivity index (χ0n) is 13.4. The predicted molar refractivity (Wildman–Crippen MR) is 90.0 cm³/mol. The summed E-state index contributed by atoms with van der Waals surface area (Å²) in [6.07, 6.45) is 2.77. The van der Waals surface area contributed by atoms with Gasteiger partial charge in [0.2, 0.25) is 0 Å². The number of ether oxygens (including phenoxy) is 1. The van der Waals surface area contributed by atoms with Gasteiger partial charge in [-0.05, 0) is 42.7 Å². The Hall–Kier alpha value is -1.80. The van der Waals surface area contributed by atoms with Crippen LogP contribution in [0.2, 0.25) is 0 Å². The molecule has 0 spiro atoms. The largest absolute Gasteiger partial charge is 0.489 e. The van der Waals surface area contributed by atoms with E-state index in [2.05, 4.69) is 43.3 Å². The normalized spacial score (nSPS) is 21.5. The van der Waals surface area contributed by atoms with Gasteiger partial charge in [-0.3, -0.25) is 0 Å². The Balaban J connectivity index is 1.51. The molecule has 0 radical (unpaired) electrons. The number of hydrogen-bond acceptors (Lipinski definition) is 1. The average molecular weight is 296 g/mol. The zero-order valence-corrected chi connectivity index (χ0v) is 13.4. The van der Waals surface area contributed by atoms with E-state index in [0.29, 0.717) is 6.61 Å². The second kappa shape index (κ2) is 7.46. The van der Waals surface area contributed by atoms with Crippen LogP contribution in [0.4, 0.5) is 0 Å². The third-order valence-corrected chi connectivity index (χ3v) is 4.49. The summed E-state index contributed by atoms with van der Waals surface area (Å²) in [4.78, 5) is 1.72. The molecular formula is C20H26NO+. The molecule has 1 unspecified atom stereocenters. The van der Waals surface area contributed by atoms with Crippen molar-refractivity contribution in [2.75, 3.05) is 13.1 Å². The van der Waals surface area contributed by atoms with Gasteiger partial charge in [0.25, 0.3) is 0 Å². The van der Waals surface area contributed by atoms with E-state index >= 15 is 0 Å². The molecule has 0 aliphatic carbocycles. The summed E-state index contributed by atoms with van der Waals surface area (Å²) in [5.74, 6) is 1.83. The SMILES string of the molecule is C[C@H]1CCC[NH+](Cc2ccc(OCc3ccccc3)cc2)C1. The number of nitrogens with one attached hydrogen (secondary N) is 1. The van der Waals surface area contributed by atoms with E-state index in [-0.39, 0.29) is 0 Å². The zero-order chi connectivity index (χ0) is 15.2. The number of rotatable bonds is 5. The van der Waals surface area contributed by atoms with Crippen molar-refractivity contribution in [1.82, 2.24) is 0 Å². The number of likely N-dealkylation sites (tertiary alicyclic amines) is 1. The van der Waals surface area contributed by atoms with Gasteiger partial charge >= 0.3 is 0 Å². The molecule has 3 rings (SSSR count). The first-order chi connectivity index (χ1) is 10.8. The van der Waals surface area contributed by atoms with Crippen molar-refractivity contribution in [3.05, 3.63) is 65.7 Å². The molecule has 22 heavy (non-hydrogen) atoms. The minimum atomic E-state index is 0.634. The van der Waals surface area contributed by atoms with Crippen molar-refractivity contribution >= 4 is 0 Å². The first-order valence-corrected chi connectivity index (χ1v) is 8.39. The second-order valence-corrected chi connectivity index (χ2v) is 6.55. The van der Waals surface area contributed by atoms with E-state index in [1.165, 1.54) is 37.1 Å². The van der Waals surface area contributed by atoms with Gasteiger partial charge in [-0.25, -0.2) is 0 Å². The smallest absolute Gasteiger partial charge is 0.119 e. The first-order valence-electron chi connectivity index (χ1n) is 8.39. The predicted octanol–water partition coefficient (Wildman–Crippen LogP) is 3.08. The van der Waals surface area contributed by atoms with Crippen molar-refractivity contribution in [2.45, 2.75) is 32.9 Å². The number of piperidine rings is 1. The Morgan fingerprint density at radius 2 is 1.77 bits per heavy atom. The van der Waals surface area contributed by atoms with Crippen molar-refractivity contribution in [2.24, 2.45) is 5.92 Å². The van der Waals surface area contributed by atoms with Crippen LogP contribution >= 0.6 is 0 Å². The van der Waals surface area contributed by atoms with Crippen LogP contribution in [0.3, 0.4) is 0 Å². The highest BCUT2D eigenvalue weighted by atomic mass is 16.5.